The third kappa shape index (κ3) is 3.38. The van der Waals surface area contributed by atoms with Crippen LogP contribution in [-0.2, 0) is 6.54 Å². The van der Waals surface area contributed by atoms with E-state index in [0.717, 1.165) is 16.4 Å². The van der Waals surface area contributed by atoms with E-state index in [2.05, 4.69) is 29.1 Å². The van der Waals surface area contributed by atoms with Crippen molar-refractivity contribution in [1.29, 1.82) is 0 Å². The average molecular weight is 275 g/mol. The first-order valence-corrected chi connectivity index (χ1v) is 7.05. The molecule has 0 aliphatic carbocycles. The van der Waals surface area contributed by atoms with E-state index < -0.39 is 0 Å². The molecule has 0 unspecified atom stereocenters. The second-order valence-corrected chi connectivity index (χ2v) is 5.66. The second kappa shape index (κ2) is 5.93. The summed E-state index contributed by atoms with van der Waals surface area (Å²) in [6.07, 6.45) is 1.72. The smallest absolute Gasteiger partial charge is 0.263 e. The number of nitrogens with zero attached hydrogens (tertiary/aromatic N) is 2. The van der Waals surface area contributed by atoms with Gasteiger partial charge in [-0.1, -0.05) is 19.9 Å². The molecular weight excluding hydrogens is 258 g/mol. The van der Waals surface area contributed by atoms with Crippen molar-refractivity contribution < 1.29 is 4.79 Å². The molecule has 2 heterocycles. The maximum atomic E-state index is 12.1. The van der Waals surface area contributed by atoms with Crippen molar-refractivity contribution >= 4 is 17.2 Å². The average Bonchev–Trinajstić information content (AvgIpc) is 2.80. The van der Waals surface area contributed by atoms with E-state index in [1.165, 1.54) is 11.3 Å². The minimum Gasteiger partial charge on any atom is -0.346 e. The molecule has 1 amide bonds. The number of carbonyl (C=O) groups is 1. The van der Waals surface area contributed by atoms with Gasteiger partial charge in [-0.05, 0) is 19.1 Å². The van der Waals surface area contributed by atoms with Gasteiger partial charge in [0, 0.05) is 12.1 Å². The molecule has 19 heavy (non-hydrogen) atoms. The summed E-state index contributed by atoms with van der Waals surface area (Å²) < 4.78 is 0. The highest BCUT2D eigenvalue weighted by atomic mass is 32.1. The molecule has 0 aliphatic heterocycles. The molecule has 2 aromatic rings. The number of rotatable bonds is 4. The van der Waals surface area contributed by atoms with E-state index >= 15 is 0 Å². The van der Waals surface area contributed by atoms with Gasteiger partial charge in [0.1, 0.15) is 4.88 Å². The zero-order valence-electron chi connectivity index (χ0n) is 11.3. The number of hydrogen-bond donors (Lipinski definition) is 1. The van der Waals surface area contributed by atoms with E-state index in [1.807, 2.05) is 25.1 Å². The third-order valence-corrected chi connectivity index (χ3v) is 4.13. The van der Waals surface area contributed by atoms with Gasteiger partial charge in [0.25, 0.3) is 5.91 Å². The van der Waals surface area contributed by atoms with E-state index in [9.17, 15) is 4.79 Å². The lowest BCUT2D eigenvalue weighted by molar-refractivity contribution is 0.0953. The fraction of sp³-hybridized carbons (Fsp3) is 0.357. The molecule has 0 spiro atoms. The molecular formula is C14H17N3OS. The van der Waals surface area contributed by atoms with Crippen LogP contribution >= 0.6 is 11.3 Å². The quantitative estimate of drug-likeness (QED) is 0.933. The molecule has 2 rings (SSSR count). The lowest BCUT2D eigenvalue weighted by Crippen LogP contribution is -2.23. The van der Waals surface area contributed by atoms with Crippen molar-refractivity contribution in [1.82, 2.24) is 15.3 Å². The van der Waals surface area contributed by atoms with Crippen LogP contribution in [0.25, 0.3) is 0 Å². The molecule has 0 radical (unpaired) electrons. The van der Waals surface area contributed by atoms with E-state index in [4.69, 9.17) is 0 Å². The minimum absolute atomic E-state index is 0.0763. The summed E-state index contributed by atoms with van der Waals surface area (Å²) in [6.45, 7) is 6.47. The molecule has 0 saturated heterocycles. The van der Waals surface area contributed by atoms with E-state index in [-0.39, 0.29) is 5.91 Å². The van der Waals surface area contributed by atoms with Gasteiger partial charge in [0.2, 0.25) is 0 Å². The summed E-state index contributed by atoms with van der Waals surface area (Å²) in [4.78, 5) is 21.4. The summed E-state index contributed by atoms with van der Waals surface area (Å²) in [5.41, 5.74) is 1.65. The van der Waals surface area contributed by atoms with Crippen molar-refractivity contribution in [2.45, 2.75) is 33.2 Å². The van der Waals surface area contributed by atoms with E-state index in [1.54, 1.807) is 6.20 Å². The van der Waals surface area contributed by atoms with Crippen LogP contribution in [0.5, 0.6) is 0 Å². The largest absolute Gasteiger partial charge is 0.346 e. The molecule has 0 saturated carbocycles. The summed E-state index contributed by atoms with van der Waals surface area (Å²) in [6, 6.07) is 5.65. The Morgan fingerprint density at radius 1 is 1.42 bits per heavy atom. The van der Waals surface area contributed by atoms with E-state index in [0.29, 0.717) is 17.3 Å². The molecule has 0 aromatic carbocycles. The van der Waals surface area contributed by atoms with Gasteiger partial charge in [-0.15, -0.1) is 11.3 Å². The Kier molecular flexibility index (Phi) is 4.27. The molecule has 0 fully saturated rings. The van der Waals surface area contributed by atoms with Crippen LogP contribution in [0.1, 0.15) is 45.8 Å². The molecule has 5 heteroatoms. The van der Waals surface area contributed by atoms with Gasteiger partial charge < -0.3 is 5.32 Å². The molecule has 1 N–H and O–H groups in total. The van der Waals surface area contributed by atoms with Crippen molar-refractivity contribution in [2.75, 3.05) is 0 Å². The van der Waals surface area contributed by atoms with Gasteiger partial charge in [0.15, 0.2) is 0 Å². The van der Waals surface area contributed by atoms with Gasteiger partial charge >= 0.3 is 0 Å². The summed E-state index contributed by atoms with van der Waals surface area (Å²) in [5.74, 6) is 0.272. The lowest BCUT2D eigenvalue weighted by atomic mass is 10.2. The number of hydrogen-bond acceptors (Lipinski definition) is 4. The fourth-order valence-corrected chi connectivity index (χ4v) is 2.61. The van der Waals surface area contributed by atoms with Gasteiger partial charge in [-0.2, -0.15) is 0 Å². The Bertz CT molecular complexity index is 563. The number of aryl methyl sites for hydroxylation is 1. The Hall–Kier alpha value is -1.75. The van der Waals surface area contributed by atoms with Crippen LogP contribution in [0, 0.1) is 6.92 Å². The maximum absolute atomic E-state index is 12.1. The Morgan fingerprint density at radius 2 is 2.21 bits per heavy atom. The standard InChI is InChI=1S/C14H17N3OS/c1-9(2)14-17-10(3)12(19-14)13(18)16-8-11-6-4-5-7-15-11/h4-7,9H,8H2,1-3H3,(H,16,18). The Balaban J connectivity index is 2.04. The zero-order chi connectivity index (χ0) is 13.8. The maximum Gasteiger partial charge on any atom is 0.263 e. The SMILES string of the molecule is Cc1nc(C(C)C)sc1C(=O)NCc1ccccn1. The first-order valence-electron chi connectivity index (χ1n) is 6.23. The zero-order valence-corrected chi connectivity index (χ0v) is 12.1. The summed E-state index contributed by atoms with van der Waals surface area (Å²) in [5, 5.41) is 3.88. The molecule has 0 aliphatic rings. The molecule has 0 atom stereocenters. The molecule has 0 bridgehead atoms. The van der Waals surface area contributed by atoms with Crippen LogP contribution in [0.15, 0.2) is 24.4 Å². The minimum atomic E-state index is -0.0763. The van der Waals surface area contributed by atoms with Crippen molar-refractivity contribution in [2.24, 2.45) is 0 Å². The third-order valence-electron chi connectivity index (χ3n) is 2.67. The first kappa shape index (κ1) is 13.7. The number of pyridine rings is 1. The summed E-state index contributed by atoms with van der Waals surface area (Å²) in [7, 11) is 0. The number of nitrogens with one attached hydrogen (secondary N) is 1. The number of amides is 1. The highest BCUT2D eigenvalue weighted by Gasteiger charge is 2.16. The number of aromatic nitrogens is 2. The van der Waals surface area contributed by atoms with Crippen molar-refractivity contribution in [3.8, 4) is 0 Å². The summed E-state index contributed by atoms with van der Waals surface area (Å²) >= 11 is 1.47. The number of thiazole rings is 1. The fourth-order valence-electron chi connectivity index (χ4n) is 1.63. The predicted molar refractivity (Wildman–Crippen MR) is 76.3 cm³/mol. The monoisotopic (exact) mass is 275 g/mol. The Labute approximate surface area is 116 Å². The highest BCUT2D eigenvalue weighted by molar-refractivity contribution is 7.13. The molecule has 2 aromatic heterocycles. The van der Waals surface area contributed by atoms with Crippen LogP contribution in [0.3, 0.4) is 0 Å². The topological polar surface area (TPSA) is 54.9 Å². The second-order valence-electron chi connectivity index (χ2n) is 4.63. The van der Waals surface area contributed by atoms with Crippen molar-refractivity contribution in [3.05, 3.63) is 45.7 Å². The predicted octanol–water partition coefficient (Wildman–Crippen LogP) is 2.90. The van der Waals surface area contributed by atoms with Crippen LogP contribution in [-0.4, -0.2) is 15.9 Å². The first-order chi connectivity index (χ1) is 9.08. The van der Waals surface area contributed by atoms with Crippen LogP contribution < -0.4 is 5.32 Å². The van der Waals surface area contributed by atoms with Crippen molar-refractivity contribution in [3.63, 3.8) is 0 Å². The Morgan fingerprint density at radius 3 is 2.79 bits per heavy atom. The lowest BCUT2D eigenvalue weighted by Gasteiger charge is -2.03. The highest BCUT2D eigenvalue weighted by Crippen LogP contribution is 2.24. The van der Waals surface area contributed by atoms with Crippen LogP contribution in [0.2, 0.25) is 0 Å². The molecule has 4 nitrogen and oxygen atoms in total. The molecule has 100 valence electrons. The van der Waals surface area contributed by atoms with Gasteiger partial charge in [-0.25, -0.2) is 4.98 Å². The normalized spacial score (nSPS) is 10.7. The van der Waals surface area contributed by atoms with Gasteiger partial charge in [-0.3, -0.25) is 9.78 Å². The van der Waals surface area contributed by atoms with Gasteiger partial charge in [0.05, 0.1) is 22.9 Å². The number of carbonyl (C=O) groups excluding carboxylic acids is 1. The van der Waals surface area contributed by atoms with Crippen LogP contribution in [0.4, 0.5) is 0 Å².